The number of likely N-dealkylation sites (N-methyl/N-ethyl adjacent to an activating group) is 1. The molecule has 0 aliphatic carbocycles. The maximum atomic E-state index is 6.12. The van der Waals surface area contributed by atoms with Crippen LogP contribution in [0.4, 0.5) is 11.4 Å². The number of nitrogens with two attached hydrogens (primary N) is 1. The first-order valence-electron chi connectivity index (χ1n) is 6.73. The summed E-state index contributed by atoms with van der Waals surface area (Å²) in [7, 11) is 4.26. The Morgan fingerprint density at radius 3 is 2.47 bits per heavy atom. The van der Waals surface area contributed by atoms with Crippen LogP contribution in [0.15, 0.2) is 18.2 Å². The van der Waals surface area contributed by atoms with Crippen molar-refractivity contribution in [3.05, 3.63) is 21.8 Å². The van der Waals surface area contributed by atoms with Gasteiger partial charge in [0, 0.05) is 42.8 Å². The molecular formula is C14H23IN4. The highest BCUT2D eigenvalue weighted by molar-refractivity contribution is 14.1. The van der Waals surface area contributed by atoms with E-state index in [0.29, 0.717) is 0 Å². The van der Waals surface area contributed by atoms with Gasteiger partial charge in [0.05, 0.1) is 11.4 Å². The molecule has 1 aromatic carbocycles. The zero-order chi connectivity index (χ0) is 13.8. The molecule has 0 spiro atoms. The summed E-state index contributed by atoms with van der Waals surface area (Å²) in [6.45, 7) is 6.67. The van der Waals surface area contributed by atoms with Crippen molar-refractivity contribution in [1.82, 2.24) is 9.80 Å². The van der Waals surface area contributed by atoms with Crippen LogP contribution in [-0.4, -0.2) is 63.2 Å². The van der Waals surface area contributed by atoms with Gasteiger partial charge in [-0.25, -0.2) is 0 Å². The van der Waals surface area contributed by atoms with Gasteiger partial charge >= 0.3 is 0 Å². The predicted octanol–water partition coefficient (Wildman–Crippen LogP) is 1.56. The molecule has 1 fully saturated rings. The number of benzene rings is 1. The summed E-state index contributed by atoms with van der Waals surface area (Å²) in [6, 6.07) is 6.32. The maximum Gasteiger partial charge on any atom is 0.0601 e. The number of hydrogen-bond donors (Lipinski definition) is 1. The first-order chi connectivity index (χ1) is 9.06. The van der Waals surface area contributed by atoms with E-state index in [1.807, 2.05) is 6.07 Å². The van der Waals surface area contributed by atoms with E-state index in [-0.39, 0.29) is 0 Å². The van der Waals surface area contributed by atoms with Gasteiger partial charge in [-0.2, -0.15) is 0 Å². The Balaban J connectivity index is 1.89. The SMILES string of the molecule is CN(C)CCN1CCN(c2ccc(I)cc2N)CC1. The second-order valence-corrected chi connectivity index (χ2v) is 6.58. The van der Waals surface area contributed by atoms with E-state index in [9.17, 15) is 0 Å². The number of anilines is 2. The Bertz CT molecular complexity index is 414. The van der Waals surface area contributed by atoms with E-state index in [1.165, 1.54) is 9.26 Å². The number of nitrogens with zero attached hydrogens (tertiary/aromatic N) is 3. The Labute approximate surface area is 129 Å². The standard InChI is InChI=1S/C14H23IN4/c1-17(2)5-6-18-7-9-19(10-8-18)14-4-3-12(15)11-13(14)16/h3-4,11H,5-10,16H2,1-2H3. The first-order valence-corrected chi connectivity index (χ1v) is 7.81. The van der Waals surface area contributed by atoms with Crippen LogP contribution in [0.5, 0.6) is 0 Å². The van der Waals surface area contributed by atoms with E-state index >= 15 is 0 Å². The molecule has 1 aliphatic rings. The van der Waals surface area contributed by atoms with E-state index in [4.69, 9.17) is 5.73 Å². The molecule has 0 amide bonds. The van der Waals surface area contributed by atoms with E-state index in [1.54, 1.807) is 0 Å². The third-order valence-corrected chi connectivity index (χ3v) is 4.24. The van der Waals surface area contributed by atoms with Gasteiger partial charge in [-0.15, -0.1) is 0 Å². The van der Waals surface area contributed by atoms with Gasteiger partial charge < -0.3 is 15.5 Å². The summed E-state index contributed by atoms with van der Waals surface area (Å²) in [5.74, 6) is 0. The largest absolute Gasteiger partial charge is 0.397 e. The number of piperazine rings is 1. The van der Waals surface area contributed by atoms with Crippen LogP contribution in [-0.2, 0) is 0 Å². The molecule has 1 saturated heterocycles. The molecule has 4 nitrogen and oxygen atoms in total. The molecule has 5 heteroatoms. The smallest absolute Gasteiger partial charge is 0.0601 e. The van der Waals surface area contributed by atoms with Crippen molar-refractivity contribution in [3.8, 4) is 0 Å². The second kappa shape index (κ2) is 6.76. The zero-order valence-electron chi connectivity index (χ0n) is 11.8. The quantitative estimate of drug-likeness (QED) is 0.641. The lowest BCUT2D eigenvalue weighted by Crippen LogP contribution is -2.48. The summed E-state index contributed by atoms with van der Waals surface area (Å²) in [6.07, 6.45) is 0. The zero-order valence-corrected chi connectivity index (χ0v) is 13.9. The molecule has 0 aromatic heterocycles. The minimum absolute atomic E-state index is 0.897. The normalized spacial score (nSPS) is 17.2. The number of hydrogen-bond acceptors (Lipinski definition) is 4. The highest BCUT2D eigenvalue weighted by atomic mass is 127. The average Bonchev–Trinajstić information content (AvgIpc) is 2.37. The summed E-state index contributed by atoms with van der Waals surface area (Å²) in [4.78, 5) is 7.17. The third kappa shape index (κ3) is 4.22. The molecule has 0 saturated carbocycles. The summed E-state index contributed by atoms with van der Waals surface area (Å²) in [5, 5.41) is 0. The fourth-order valence-electron chi connectivity index (χ4n) is 2.37. The van der Waals surface area contributed by atoms with Crippen molar-refractivity contribution in [2.45, 2.75) is 0 Å². The monoisotopic (exact) mass is 374 g/mol. The molecule has 2 N–H and O–H groups in total. The van der Waals surface area contributed by atoms with Crippen molar-refractivity contribution in [3.63, 3.8) is 0 Å². The van der Waals surface area contributed by atoms with Crippen molar-refractivity contribution in [1.29, 1.82) is 0 Å². The molecule has 19 heavy (non-hydrogen) atoms. The van der Waals surface area contributed by atoms with Crippen LogP contribution in [0.2, 0.25) is 0 Å². The van der Waals surface area contributed by atoms with Crippen LogP contribution < -0.4 is 10.6 Å². The molecule has 106 valence electrons. The van der Waals surface area contributed by atoms with E-state index in [2.05, 4.69) is 63.5 Å². The highest BCUT2D eigenvalue weighted by Gasteiger charge is 2.18. The van der Waals surface area contributed by atoms with Gasteiger partial charge in [0.2, 0.25) is 0 Å². The van der Waals surface area contributed by atoms with Crippen LogP contribution in [0.3, 0.4) is 0 Å². The average molecular weight is 374 g/mol. The molecule has 1 heterocycles. The van der Waals surface area contributed by atoms with E-state index < -0.39 is 0 Å². The Kier molecular flexibility index (Phi) is 5.29. The molecule has 0 unspecified atom stereocenters. The molecule has 2 rings (SSSR count). The fourth-order valence-corrected chi connectivity index (χ4v) is 2.88. The van der Waals surface area contributed by atoms with Gasteiger partial charge in [-0.1, -0.05) is 0 Å². The van der Waals surface area contributed by atoms with Crippen LogP contribution in [0.25, 0.3) is 0 Å². The minimum atomic E-state index is 0.897. The topological polar surface area (TPSA) is 35.7 Å². The van der Waals surface area contributed by atoms with Crippen molar-refractivity contribution in [2.75, 3.05) is 64.0 Å². The number of halogens is 1. The van der Waals surface area contributed by atoms with Gasteiger partial charge in [0.15, 0.2) is 0 Å². The first kappa shape index (κ1) is 14.9. The third-order valence-electron chi connectivity index (χ3n) is 3.57. The van der Waals surface area contributed by atoms with E-state index in [0.717, 1.165) is 45.0 Å². The molecule has 0 radical (unpaired) electrons. The van der Waals surface area contributed by atoms with Crippen LogP contribution >= 0.6 is 22.6 Å². The lowest BCUT2D eigenvalue weighted by Gasteiger charge is -2.37. The van der Waals surface area contributed by atoms with Gasteiger partial charge in [0.25, 0.3) is 0 Å². The van der Waals surface area contributed by atoms with Crippen molar-refractivity contribution in [2.24, 2.45) is 0 Å². The van der Waals surface area contributed by atoms with Gasteiger partial charge in [0.1, 0.15) is 0 Å². The summed E-state index contributed by atoms with van der Waals surface area (Å²) in [5.41, 5.74) is 8.20. The molecular weight excluding hydrogens is 351 g/mol. The predicted molar refractivity (Wildman–Crippen MR) is 90.8 cm³/mol. The van der Waals surface area contributed by atoms with Crippen LogP contribution in [0, 0.1) is 3.57 Å². The molecule has 1 aliphatic heterocycles. The van der Waals surface area contributed by atoms with Crippen LogP contribution in [0.1, 0.15) is 0 Å². The number of rotatable bonds is 4. The van der Waals surface area contributed by atoms with Gasteiger partial charge in [-0.05, 0) is 54.9 Å². The molecule has 0 bridgehead atoms. The van der Waals surface area contributed by atoms with Gasteiger partial charge in [-0.3, -0.25) is 4.90 Å². The second-order valence-electron chi connectivity index (χ2n) is 5.34. The van der Waals surface area contributed by atoms with Crippen molar-refractivity contribution < 1.29 is 0 Å². The summed E-state index contributed by atoms with van der Waals surface area (Å²) >= 11 is 2.30. The Hall–Kier alpha value is -0.530. The number of nitrogen functional groups attached to an aromatic ring is 1. The lowest BCUT2D eigenvalue weighted by atomic mass is 10.2. The molecule has 0 atom stereocenters. The fraction of sp³-hybridized carbons (Fsp3) is 0.571. The molecule has 1 aromatic rings. The highest BCUT2D eigenvalue weighted by Crippen LogP contribution is 2.25. The summed E-state index contributed by atoms with van der Waals surface area (Å²) < 4.78 is 1.20. The maximum absolute atomic E-state index is 6.12. The van der Waals surface area contributed by atoms with Crippen molar-refractivity contribution >= 4 is 34.0 Å². The Morgan fingerprint density at radius 2 is 1.89 bits per heavy atom. The Morgan fingerprint density at radius 1 is 1.21 bits per heavy atom. The lowest BCUT2D eigenvalue weighted by molar-refractivity contribution is 0.229. The minimum Gasteiger partial charge on any atom is -0.397 e.